The molecule has 54 valence electrons. The number of hydrogen-bond acceptors (Lipinski definition) is 2. The molecule has 1 aliphatic rings. The quantitative estimate of drug-likeness (QED) is 0.516. The molecule has 0 unspecified atom stereocenters. The minimum atomic E-state index is -1.83. The van der Waals surface area contributed by atoms with Gasteiger partial charge in [0, 0.05) is 5.92 Å². The van der Waals surface area contributed by atoms with Crippen LogP contribution in [0.2, 0.25) is 0 Å². The Morgan fingerprint density at radius 3 is 1.78 bits per heavy atom. The molecule has 1 fully saturated rings. The molecule has 1 rings (SSSR count). The van der Waals surface area contributed by atoms with Gasteiger partial charge >= 0.3 is 6.16 Å². The van der Waals surface area contributed by atoms with E-state index in [4.69, 9.17) is 19.7 Å². The molecule has 0 atom stereocenters. The lowest BCUT2D eigenvalue weighted by molar-refractivity contribution is -0.0221. The largest absolute Gasteiger partial charge is 0.503 e. The molecule has 0 saturated carbocycles. The second kappa shape index (κ2) is 4.14. The van der Waals surface area contributed by atoms with Gasteiger partial charge in [-0.05, 0) is 0 Å². The Bertz CT molecular complexity index is 83.0. The van der Waals surface area contributed by atoms with Crippen molar-refractivity contribution in [2.45, 2.75) is 6.92 Å². The number of carboxylic acid groups (broad SMARTS) is 2. The van der Waals surface area contributed by atoms with E-state index in [2.05, 4.69) is 6.92 Å². The van der Waals surface area contributed by atoms with Crippen molar-refractivity contribution in [1.82, 2.24) is 0 Å². The molecule has 0 radical (unpaired) electrons. The van der Waals surface area contributed by atoms with Gasteiger partial charge < -0.3 is 14.9 Å². The van der Waals surface area contributed by atoms with Crippen molar-refractivity contribution >= 4 is 6.16 Å². The third kappa shape index (κ3) is 7.23. The highest BCUT2D eigenvalue weighted by atomic mass is 16.6. The van der Waals surface area contributed by atoms with Crippen molar-refractivity contribution < 1.29 is 19.7 Å². The van der Waals surface area contributed by atoms with Crippen molar-refractivity contribution in [3.05, 3.63) is 0 Å². The highest BCUT2D eigenvalue weighted by molar-refractivity contribution is 5.53. The minimum Gasteiger partial charge on any atom is -0.450 e. The Hall–Kier alpha value is -0.770. The van der Waals surface area contributed by atoms with Crippen LogP contribution in [-0.4, -0.2) is 29.6 Å². The van der Waals surface area contributed by atoms with E-state index in [-0.39, 0.29) is 0 Å². The molecule has 9 heavy (non-hydrogen) atoms. The maximum atomic E-state index is 8.56. The topological polar surface area (TPSA) is 66.8 Å². The zero-order valence-corrected chi connectivity index (χ0v) is 5.20. The van der Waals surface area contributed by atoms with Crippen LogP contribution in [0, 0.1) is 5.92 Å². The number of hydrogen-bond donors (Lipinski definition) is 2. The zero-order chi connectivity index (χ0) is 7.28. The van der Waals surface area contributed by atoms with Crippen molar-refractivity contribution in [3.63, 3.8) is 0 Å². The smallest absolute Gasteiger partial charge is 0.450 e. The van der Waals surface area contributed by atoms with Crippen LogP contribution >= 0.6 is 0 Å². The number of carbonyl (C=O) groups is 1. The normalized spacial score (nSPS) is 17.0. The van der Waals surface area contributed by atoms with Gasteiger partial charge in [0.15, 0.2) is 0 Å². The third-order valence-electron chi connectivity index (χ3n) is 0.805. The predicted molar refractivity (Wildman–Crippen MR) is 30.6 cm³/mol. The highest BCUT2D eigenvalue weighted by Gasteiger charge is 2.09. The molecule has 0 aromatic rings. The fraction of sp³-hybridized carbons (Fsp3) is 0.800. The molecule has 0 spiro atoms. The van der Waals surface area contributed by atoms with Crippen LogP contribution in [0.25, 0.3) is 0 Å². The van der Waals surface area contributed by atoms with E-state index in [1.165, 1.54) is 0 Å². The van der Waals surface area contributed by atoms with E-state index in [0.717, 1.165) is 19.1 Å². The highest BCUT2D eigenvalue weighted by Crippen LogP contribution is 2.05. The summed E-state index contributed by atoms with van der Waals surface area (Å²) >= 11 is 0. The molecule has 1 heterocycles. The Morgan fingerprint density at radius 1 is 1.56 bits per heavy atom. The van der Waals surface area contributed by atoms with Gasteiger partial charge in [0.1, 0.15) is 0 Å². The first-order valence-corrected chi connectivity index (χ1v) is 2.62. The Morgan fingerprint density at radius 2 is 1.78 bits per heavy atom. The maximum absolute atomic E-state index is 8.56. The van der Waals surface area contributed by atoms with Crippen molar-refractivity contribution in [2.24, 2.45) is 5.92 Å². The molecule has 0 amide bonds. The van der Waals surface area contributed by atoms with Crippen molar-refractivity contribution in [2.75, 3.05) is 13.2 Å². The Kier molecular flexibility index (Phi) is 3.79. The van der Waals surface area contributed by atoms with Gasteiger partial charge in [0.05, 0.1) is 13.2 Å². The van der Waals surface area contributed by atoms with Crippen LogP contribution in [0.15, 0.2) is 0 Å². The van der Waals surface area contributed by atoms with Gasteiger partial charge in [-0.25, -0.2) is 4.79 Å². The second-order valence-corrected chi connectivity index (χ2v) is 1.93. The van der Waals surface area contributed by atoms with Gasteiger partial charge in [-0.2, -0.15) is 0 Å². The minimum absolute atomic E-state index is 0.843. The van der Waals surface area contributed by atoms with E-state index in [0.29, 0.717) is 0 Å². The molecular weight excluding hydrogens is 124 g/mol. The molecule has 0 bridgehead atoms. The first-order chi connectivity index (χ1) is 4.13. The van der Waals surface area contributed by atoms with Gasteiger partial charge in [-0.3, -0.25) is 0 Å². The fourth-order valence-electron chi connectivity index (χ4n) is 0.354. The Balaban J connectivity index is 0.000000148. The van der Waals surface area contributed by atoms with Gasteiger partial charge in [0.25, 0.3) is 0 Å². The lowest BCUT2D eigenvalue weighted by Gasteiger charge is -2.20. The number of ether oxygens (including phenoxy) is 1. The van der Waals surface area contributed by atoms with E-state index in [1.807, 2.05) is 0 Å². The van der Waals surface area contributed by atoms with Crippen LogP contribution in [0.1, 0.15) is 6.92 Å². The summed E-state index contributed by atoms with van der Waals surface area (Å²) in [6.45, 7) is 4.16. The van der Waals surface area contributed by atoms with Crippen LogP contribution < -0.4 is 0 Å². The summed E-state index contributed by atoms with van der Waals surface area (Å²) in [5, 5.41) is 13.9. The maximum Gasteiger partial charge on any atom is 0.503 e. The molecule has 1 saturated heterocycles. The van der Waals surface area contributed by atoms with E-state index < -0.39 is 6.16 Å². The zero-order valence-electron chi connectivity index (χ0n) is 5.20. The summed E-state index contributed by atoms with van der Waals surface area (Å²) in [6, 6.07) is 0. The first-order valence-electron chi connectivity index (χ1n) is 2.62. The average molecular weight is 134 g/mol. The lowest BCUT2D eigenvalue weighted by atomic mass is 10.2. The predicted octanol–water partition coefficient (Wildman–Crippen LogP) is 0.875. The van der Waals surface area contributed by atoms with E-state index in [1.54, 1.807) is 0 Å². The summed E-state index contributed by atoms with van der Waals surface area (Å²) in [5.74, 6) is 0.843. The van der Waals surface area contributed by atoms with Crippen LogP contribution in [0.4, 0.5) is 4.79 Å². The van der Waals surface area contributed by atoms with E-state index in [9.17, 15) is 0 Å². The summed E-state index contributed by atoms with van der Waals surface area (Å²) in [7, 11) is 0. The second-order valence-electron chi connectivity index (χ2n) is 1.93. The molecule has 0 aliphatic carbocycles. The third-order valence-corrected chi connectivity index (χ3v) is 0.805. The fourth-order valence-corrected chi connectivity index (χ4v) is 0.354. The molecule has 2 N–H and O–H groups in total. The molecule has 0 aromatic heterocycles. The van der Waals surface area contributed by atoms with Crippen LogP contribution in [0.3, 0.4) is 0 Å². The van der Waals surface area contributed by atoms with Crippen LogP contribution in [-0.2, 0) is 4.74 Å². The average Bonchev–Trinajstić information content (AvgIpc) is 1.59. The van der Waals surface area contributed by atoms with E-state index >= 15 is 0 Å². The summed E-state index contributed by atoms with van der Waals surface area (Å²) in [6.07, 6.45) is -1.83. The van der Waals surface area contributed by atoms with Crippen LogP contribution in [0.5, 0.6) is 0 Å². The molecule has 4 heteroatoms. The summed E-state index contributed by atoms with van der Waals surface area (Å²) in [5.41, 5.74) is 0. The SMILES string of the molecule is CC1COC1.O=C(O)O. The summed E-state index contributed by atoms with van der Waals surface area (Å²) in [4.78, 5) is 8.56. The first kappa shape index (κ1) is 8.23. The monoisotopic (exact) mass is 134 g/mol. The number of rotatable bonds is 0. The Labute approximate surface area is 53.1 Å². The molecule has 4 nitrogen and oxygen atoms in total. The van der Waals surface area contributed by atoms with Crippen molar-refractivity contribution in [3.8, 4) is 0 Å². The molecular formula is C5H10O4. The molecule has 1 aliphatic heterocycles. The lowest BCUT2D eigenvalue weighted by Crippen LogP contribution is -2.23. The summed E-state index contributed by atoms with van der Waals surface area (Å²) < 4.78 is 4.83. The molecule has 0 aromatic carbocycles. The van der Waals surface area contributed by atoms with Gasteiger partial charge in [-0.1, -0.05) is 6.92 Å². The van der Waals surface area contributed by atoms with Gasteiger partial charge in [-0.15, -0.1) is 0 Å². The van der Waals surface area contributed by atoms with Gasteiger partial charge in [0.2, 0.25) is 0 Å². The van der Waals surface area contributed by atoms with Crippen molar-refractivity contribution in [1.29, 1.82) is 0 Å². The standard InChI is InChI=1S/C4H8O.CH2O3/c1-4-2-5-3-4;2-1(3)4/h4H,2-3H2,1H3;(H2,2,3,4).